The second kappa shape index (κ2) is 9.94. The third-order valence-corrected chi connectivity index (χ3v) is 8.52. The average molecular weight is 528 g/mol. The van der Waals surface area contributed by atoms with Crippen molar-refractivity contribution in [1.29, 1.82) is 0 Å². The summed E-state index contributed by atoms with van der Waals surface area (Å²) in [7, 11) is 0. The number of aryl methyl sites for hydroxylation is 1. The molecule has 0 spiro atoms. The van der Waals surface area contributed by atoms with E-state index in [0.717, 1.165) is 11.4 Å². The minimum absolute atomic E-state index is 0.0529. The van der Waals surface area contributed by atoms with E-state index in [-0.39, 0.29) is 5.41 Å². The van der Waals surface area contributed by atoms with E-state index in [4.69, 9.17) is 0 Å². The van der Waals surface area contributed by atoms with Gasteiger partial charge in [0.05, 0.1) is 0 Å². The highest BCUT2D eigenvalue weighted by molar-refractivity contribution is 5.86. The van der Waals surface area contributed by atoms with Gasteiger partial charge in [-0.05, 0) is 93.9 Å². The first kappa shape index (κ1) is 25.1. The van der Waals surface area contributed by atoms with Crippen molar-refractivity contribution in [2.24, 2.45) is 0 Å². The highest BCUT2D eigenvalue weighted by Gasteiger charge is 2.36. The molecule has 7 rings (SSSR count). The number of hydrogen-bond acceptors (Lipinski definition) is 1. The van der Waals surface area contributed by atoms with Gasteiger partial charge in [0, 0.05) is 22.5 Å². The first-order valence-electron chi connectivity index (χ1n) is 14.4. The van der Waals surface area contributed by atoms with Gasteiger partial charge in [0.15, 0.2) is 0 Å². The zero-order chi connectivity index (χ0) is 28.0. The van der Waals surface area contributed by atoms with Crippen molar-refractivity contribution in [2.75, 3.05) is 4.90 Å². The summed E-state index contributed by atoms with van der Waals surface area (Å²) < 4.78 is 0. The van der Waals surface area contributed by atoms with Crippen LogP contribution in [0, 0.1) is 6.92 Å². The summed E-state index contributed by atoms with van der Waals surface area (Å²) in [5.41, 5.74) is 15.1. The van der Waals surface area contributed by atoms with Crippen LogP contribution >= 0.6 is 0 Å². The molecule has 0 radical (unpaired) electrons. The Labute approximate surface area is 243 Å². The highest BCUT2D eigenvalue weighted by atomic mass is 15.1. The predicted molar refractivity (Wildman–Crippen MR) is 174 cm³/mol. The number of benzene rings is 6. The van der Waals surface area contributed by atoms with Gasteiger partial charge in [0.25, 0.3) is 0 Å². The molecule has 0 unspecified atom stereocenters. The predicted octanol–water partition coefficient (Wildman–Crippen LogP) is 11.1. The van der Waals surface area contributed by atoms with Gasteiger partial charge in [0.1, 0.15) is 0 Å². The zero-order valence-corrected chi connectivity index (χ0v) is 23.8. The summed E-state index contributed by atoms with van der Waals surface area (Å²) in [4.78, 5) is 2.37. The van der Waals surface area contributed by atoms with E-state index in [0.29, 0.717) is 0 Å². The Bertz CT molecular complexity index is 1850. The first-order valence-corrected chi connectivity index (χ1v) is 14.4. The van der Waals surface area contributed by atoms with Crippen molar-refractivity contribution in [3.63, 3.8) is 0 Å². The van der Waals surface area contributed by atoms with Gasteiger partial charge in [-0.2, -0.15) is 0 Å². The van der Waals surface area contributed by atoms with E-state index in [1.807, 2.05) is 0 Å². The molecule has 1 aliphatic carbocycles. The molecule has 0 amide bonds. The molecule has 1 heteroatoms. The Balaban J connectivity index is 1.29. The van der Waals surface area contributed by atoms with Crippen LogP contribution in [0.1, 0.15) is 30.5 Å². The van der Waals surface area contributed by atoms with Crippen LogP contribution in [0.4, 0.5) is 17.1 Å². The standard InChI is InChI=1S/C40H33N/c1-28-17-23-36-37-24-22-35(27-39(37)40(2,3)38(36)25-28)41(33-15-8-5-9-16-33)34-20-18-30(19-21-34)32-14-10-13-31(26-32)29-11-6-4-7-12-29/h4-27H,1-3H3. The van der Waals surface area contributed by atoms with Gasteiger partial charge in [-0.3, -0.25) is 0 Å². The zero-order valence-electron chi connectivity index (χ0n) is 23.8. The van der Waals surface area contributed by atoms with E-state index in [1.54, 1.807) is 0 Å². The van der Waals surface area contributed by atoms with Crippen LogP contribution < -0.4 is 4.90 Å². The highest BCUT2D eigenvalue weighted by Crippen LogP contribution is 2.51. The number of anilines is 3. The van der Waals surface area contributed by atoms with Gasteiger partial charge in [-0.15, -0.1) is 0 Å². The van der Waals surface area contributed by atoms with Crippen LogP contribution in [0.2, 0.25) is 0 Å². The van der Waals surface area contributed by atoms with Crippen molar-refractivity contribution < 1.29 is 0 Å². The molecular weight excluding hydrogens is 494 g/mol. The van der Waals surface area contributed by atoms with Gasteiger partial charge < -0.3 is 4.90 Å². The molecule has 0 fully saturated rings. The molecule has 0 heterocycles. The molecule has 6 aromatic carbocycles. The van der Waals surface area contributed by atoms with E-state index >= 15 is 0 Å². The van der Waals surface area contributed by atoms with Crippen LogP contribution in [0.25, 0.3) is 33.4 Å². The molecule has 1 nitrogen and oxygen atoms in total. The summed E-state index contributed by atoms with van der Waals surface area (Å²) in [5, 5.41) is 0. The number of fused-ring (bicyclic) bond motifs is 3. The number of hydrogen-bond donors (Lipinski definition) is 0. The third kappa shape index (κ3) is 4.44. The van der Waals surface area contributed by atoms with Gasteiger partial charge in [-0.1, -0.05) is 123 Å². The smallest absolute Gasteiger partial charge is 0.0465 e. The summed E-state index contributed by atoms with van der Waals surface area (Å²) in [6, 6.07) is 52.9. The molecule has 0 bridgehead atoms. The van der Waals surface area contributed by atoms with E-state index in [2.05, 4.69) is 171 Å². The van der Waals surface area contributed by atoms with Crippen LogP contribution in [0.15, 0.2) is 146 Å². The Morgan fingerprint density at radius 3 is 1.61 bits per heavy atom. The molecule has 0 aliphatic heterocycles. The van der Waals surface area contributed by atoms with Crippen molar-refractivity contribution in [1.82, 2.24) is 0 Å². The second-order valence-electron chi connectivity index (χ2n) is 11.6. The monoisotopic (exact) mass is 527 g/mol. The van der Waals surface area contributed by atoms with E-state index in [9.17, 15) is 0 Å². The molecule has 198 valence electrons. The Morgan fingerprint density at radius 2 is 0.927 bits per heavy atom. The molecule has 0 atom stereocenters. The molecule has 1 aliphatic rings. The Morgan fingerprint density at radius 1 is 0.415 bits per heavy atom. The maximum atomic E-state index is 2.40. The minimum atomic E-state index is -0.0529. The summed E-state index contributed by atoms with van der Waals surface area (Å²) in [6.45, 7) is 6.89. The fourth-order valence-corrected chi connectivity index (χ4v) is 6.31. The van der Waals surface area contributed by atoms with Crippen LogP contribution in [-0.2, 0) is 5.41 Å². The Hall–Kier alpha value is -4.88. The summed E-state index contributed by atoms with van der Waals surface area (Å²) in [6.07, 6.45) is 0. The largest absolute Gasteiger partial charge is 0.310 e. The van der Waals surface area contributed by atoms with Gasteiger partial charge >= 0.3 is 0 Å². The van der Waals surface area contributed by atoms with Crippen molar-refractivity contribution in [3.8, 4) is 33.4 Å². The molecule has 0 saturated heterocycles. The second-order valence-corrected chi connectivity index (χ2v) is 11.6. The summed E-state index contributed by atoms with van der Waals surface area (Å²) in [5.74, 6) is 0. The van der Waals surface area contributed by atoms with Crippen LogP contribution in [0.5, 0.6) is 0 Å². The van der Waals surface area contributed by atoms with Crippen molar-refractivity contribution >= 4 is 17.1 Å². The lowest BCUT2D eigenvalue weighted by Gasteiger charge is -2.28. The fourth-order valence-electron chi connectivity index (χ4n) is 6.31. The maximum absolute atomic E-state index is 2.40. The molecule has 0 saturated carbocycles. The fraction of sp³-hybridized carbons (Fsp3) is 0.100. The number of nitrogens with zero attached hydrogens (tertiary/aromatic N) is 1. The lowest BCUT2D eigenvalue weighted by Crippen LogP contribution is -2.16. The Kier molecular flexibility index (Phi) is 6.09. The maximum Gasteiger partial charge on any atom is 0.0465 e. The van der Waals surface area contributed by atoms with E-state index in [1.165, 1.54) is 55.8 Å². The van der Waals surface area contributed by atoms with Gasteiger partial charge in [0.2, 0.25) is 0 Å². The topological polar surface area (TPSA) is 3.24 Å². The lowest BCUT2D eigenvalue weighted by molar-refractivity contribution is 0.660. The quantitative estimate of drug-likeness (QED) is 0.215. The minimum Gasteiger partial charge on any atom is -0.310 e. The number of rotatable bonds is 5. The van der Waals surface area contributed by atoms with Crippen LogP contribution in [0.3, 0.4) is 0 Å². The summed E-state index contributed by atoms with van der Waals surface area (Å²) >= 11 is 0. The molecule has 0 N–H and O–H groups in total. The molecular formula is C40H33N. The average Bonchev–Trinajstić information content (AvgIpc) is 3.24. The molecule has 6 aromatic rings. The van der Waals surface area contributed by atoms with Crippen molar-refractivity contribution in [3.05, 3.63) is 162 Å². The SMILES string of the molecule is Cc1ccc2c(c1)C(C)(C)c1cc(N(c3ccccc3)c3ccc(-c4cccc(-c5ccccc5)c4)cc3)ccc1-2. The van der Waals surface area contributed by atoms with Crippen molar-refractivity contribution in [2.45, 2.75) is 26.2 Å². The van der Waals surface area contributed by atoms with Gasteiger partial charge in [-0.25, -0.2) is 0 Å². The molecule has 41 heavy (non-hydrogen) atoms. The lowest BCUT2D eigenvalue weighted by atomic mass is 9.82. The first-order chi connectivity index (χ1) is 20.0. The third-order valence-electron chi connectivity index (χ3n) is 8.52. The number of para-hydroxylation sites is 1. The van der Waals surface area contributed by atoms with Crippen LogP contribution in [-0.4, -0.2) is 0 Å². The van der Waals surface area contributed by atoms with E-state index < -0.39 is 0 Å². The normalized spacial score (nSPS) is 13.0. The molecule has 0 aromatic heterocycles.